The highest BCUT2D eigenvalue weighted by Gasteiger charge is 2.26. The molecule has 0 saturated heterocycles. The van der Waals surface area contributed by atoms with Crippen molar-refractivity contribution in [2.45, 2.75) is 52.4 Å². The quantitative estimate of drug-likeness (QED) is 0.748. The number of allylic oxidation sites excluding steroid dienone is 2. The lowest BCUT2D eigenvalue weighted by molar-refractivity contribution is 0.104. The number of ketones is 1. The molecule has 0 atom stereocenters. The van der Waals surface area contributed by atoms with Gasteiger partial charge in [-0.1, -0.05) is 47.6 Å². The Hall–Kier alpha value is -1.44. The smallest absolute Gasteiger partial charge is 0.189 e. The van der Waals surface area contributed by atoms with Gasteiger partial charge in [0.25, 0.3) is 0 Å². The molecular formula is C17H22NO. The fourth-order valence-corrected chi connectivity index (χ4v) is 1.79. The summed E-state index contributed by atoms with van der Waals surface area (Å²) in [7, 11) is 0. The van der Waals surface area contributed by atoms with E-state index in [0.717, 1.165) is 22.5 Å². The predicted octanol–water partition coefficient (Wildman–Crippen LogP) is 4.00. The minimum Gasteiger partial charge on any atom is -0.289 e. The Morgan fingerprint density at radius 1 is 0.947 bits per heavy atom. The lowest BCUT2D eigenvalue weighted by Crippen LogP contribution is -2.21. The molecule has 101 valence electrons. The first kappa shape index (κ1) is 14.0. The molecule has 1 aliphatic rings. The van der Waals surface area contributed by atoms with Crippen molar-refractivity contribution in [3.63, 3.8) is 0 Å². The van der Waals surface area contributed by atoms with Crippen LogP contribution in [0.25, 0.3) is 0 Å². The van der Waals surface area contributed by atoms with Gasteiger partial charge in [0.1, 0.15) is 0 Å². The molecule has 2 rings (SSSR count). The van der Waals surface area contributed by atoms with E-state index >= 15 is 0 Å². The minimum absolute atomic E-state index is 0.0576. The van der Waals surface area contributed by atoms with Crippen molar-refractivity contribution >= 4 is 5.78 Å². The third-order valence-corrected chi connectivity index (χ3v) is 3.22. The molecule has 1 aromatic rings. The molecular weight excluding hydrogens is 234 g/mol. The fraction of sp³-hybridized carbons (Fsp3) is 0.471. The fourth-order valence-electron chi connectivity index (χ4n) is 1.79. The van der Waals surface area contributed by atoms with Crippen LogP contribution in [0.15, 0.2) is 23.8 Å². The van der Waals surface area contributed by atoms with Gasteiger partial charge in [0.2, 0.25) is 0 Å². The molecule has 0 amide bonds. The van der Waals surface area contributed by atoms with E-state index < -0.39 is 0 Å². The van der Waals surface area contributed by atoms with Crippen molar-refractivity contribution in [3.8, 4) is 0 Å². The van der Waals surface area contributed by atoms with E-state index in [0.29, 0.717) is 0 Å². The number of aromatic nitrogens is 1. The maximum absolute atomic E-state index is 12.2. The zero-order chi connectivity index (χ0) is 14.4. The summed E-state index contributed by atoms with van der Waals surface area (Å²) >= 11 is 0. The molecule has 0 spiro atoms. The molecule has 1 aliphatic carbocycles. The first-order valence-corrected chi connectivity index (χ1v) is 6.72. The van der Waals surface area contributed by atoms with Crippen LogP contribution in [-0.4, -0.2) is 10.8 Å². The van der Waals surface area contributed by atoms with Crippen molar-refractivity contribution in [2.75, 3.05) is 0 Å². The third-order valence-electron chi connectivity index (χ3n) is 3.22. The molecule has 0 unspecified atom stereocenters. The standard InChI is InChI=1S/C17H22NO/c1-16(2,3)13-9-12(15(19)11-7-8-11)10-14(18-13)17(4,5)6/h7-10H,1-6H3. The summed E-state index contributed by atoms with van der Waals surface area (Å²) in [5.74, 6) is 0.110. The number of pyridine rings is 1. The number of rotatable bonds is 2. The lowest BCUT2D eigenvalue weighted by Gasteiger charge is -2.24. The van der Waals surface area contributed by atoms with Crippen LogP contribution in [0.5, 0.6) is 0 Å². The van der Waals surface area contributed by atoms with Gasteiger partial charge < -0.3 is 0 Å². The van der Waals surface area contributed by atoms with E-state index in [1.807, 2.05) is 24.6 Å². The van der Waals surface area contributed by atoms with E-state index in [2.05, 4.69) is 41.5 Å². The first-order valence-electron chi connectivity index (χ1n) is 6.72. The molecule has 2 nitrogen and oxygen atoms in total. The van der Waals surface area contributed by atoms with Crippen molar-refractivity contribution in [1.29, 1.82) is 0 Å². The van der Waals surface area contributed by atoms with Gasteiger partial charge in [-0.15, -0.1) is 0 Å². The van der Waals surface area contributed by atoms with Gasteiger partial charge in [-0.3, -0.25) is 9.78 Å². The summed E-state index contributed by atoms with van der Waals surface area (Å²) in [5.41, 5.74) is 3.40. The molecule has 1 aromatic heterocycles. The molecule has 1 radical (unpaired) electrons. The highest BCUT2D eigenvalue weighted by Crippen LogP contribution is 2.30. The normalized spacial score (nSPS) is 15.2. The SMILES string of the molecule is CC(C)(C)c1cc(C(=O)C2=C[CH]2)cc(C(C)(C)C)n1. The van der Waals surface area contributed by atoms with E-state index in [1.54, 1.807) is 0 Å². The number of Topliss-reactive ketones (excluding diaryl/α,β-unsaturated/α-hetero) is 1. The average Bonchev–Trinajstić information content (AvgIpc) is 3.09. The predicted molar refractivity (Wildman–Crippen MR) is 78.4 cm³/mol. The summed E-state index contributed by atoms with van der Waals surface area (Å²) in [5, 5.41) is 0. The highest BCUT2D eigenvalue weighted by molar-refractivity contribution is 6.14. The van der Waals surface area contributed by atoms with Crippen molar-refractivity contribution < 1.29 is 4.79 Å². The molecule has 1 heterocycles. The molecule has 0 aromatic carbocycles. The van der Waals surface area contributed by atoms with Crippen LogP contribution in [0.4, 0.5) is 0 Å². The molecule has 0 bridgehead atoms. The van der Waals surface area contributed by atoms with Crippen molar-refractivity contribution in [2.24, 2.45) is 0 Å². The average molecular weight is 256 g/mol. The van der Waals surface area contributed by atoms with E-state index in [-0.39, 0.29) is 16.6 Å². The number of carbonyl (C=O) groups is 1. The van der Waals surface area contributed by atoms with Gasteiger partial charge in [-0.2, -0.15) is 0 Å². The summed E-state index contributed by atoms with van der Waals surface area (Å²) in [6, 6.07) is 3.87. The first-order chi connectivity index (χ1) is 8.59. The van der Waals surface area contributed by atoms with Gasteiger partial charge in [0, 0.05) is 39.8 Å². The molecule has 2 heteroatoms. The lowest BCUT2D eigenvalue weighted by atomic mass is 9.86. The van der Waals surface area contributed by atoms with Crippen molar-refractivity contribution in [3.05, 3.63) is 47.2 Å². The van der Waals surface area contributed by atoms with E-state index in [9.17, 15) is 4.79 Å². The van der Waals surface area contributed by atoms with E-state index in [4.69, 9.17) is 4.98 Å². The molecule has 0 fully saturated rings. The van der Waals surface area contributed by atoms with E-state index in [1.165, 1.54) is 0 Å². The number of hydrogen-bond donors (Lipinski definition) is 0. The van der Waals surface area contributed by atoms with Gasteiger partial charge in [0.15, 0.2) is 5.78 Å². The second kappa shape index (κ2) is 4.29. The monoisotopic (exact) mass is 256 g/mol. The Bertz CT molecular complexity index is 521. The summed E-state index contributed by atoms with van der Waals surface area (Å²) in [6.45, 7) is 12.7. The third kappa shape index (κ3) is 3.12. The van der Waals surface area contributed by atoms with Gasteiger partial charge in [-0.25, -0.2) is 0 Å². The van der Waals surface area contributed by atoms with Gasteiger partial charge >= 0.3 is 0 Å². The molecule has 0 N–H and O–H groups in total. The Labute approximate surface area is 115 Å². The molecule has 0 aliphatic heterocycles. The van der Waals surface area contributed by atoms with Crippen LogP contribution in [0, 0.1) is 6.42 Å². The Balaban J connectivity index is 2.55. The maximum Gasteiger partial charge on any atom is 0.189 e. The Morgan fingerprint density at radius 3 is 1.68 bits per heavy atom. The van der Waals surface area contributed by atoms with Crippen LogP contribution in [0.3, 0.4) is 0 Å². The largest absolute Gasteiger partial charge is 0.289 e. The topological polar surface area (TPSA) is 30.0 Å². The Kier molecular flexibility index (Phi) is 3.16. The van der Waals surface area contributed by atoms with Crippen molar-refractivity contribution in [1.82, 2.24) is 4.98 Å². The number of hydrogen-bond acceptors (Lipinski definition) is 2. The maximum atomic E-state index is 12.2. The molecule has 19 heavy (non-hydrogen) atoms. The van der Waals surface area contributed by atoms with Crippen LogP contribution in [0.1, 0.15) is 63.3 Å². The zero-order valence-electron chi connectivity index (χ0n) is 12.7. The zero-order valence-corrected chi connectivity index (χ0v) is 12.7. The van der Waals surface area contributed by atoms with Crippen LogP contribution in [-0.2, 0) is 10.8 Å². The minimum atomic E-state index is -0.0576. The van der Waals surface area contributed by atoms with Gasteiger partial charge in [-0.05, 0) is 12.1 Å². The summed E-state index contributed by atoms with van der Waals surface area (Å²) in [4.78, 5) is 17.0. The second-order valence-corrected chi connectivity index (χ2v) is 7.24. The van der Waals surface area contributed by atoms with Crippen LogP contribution in [0.2, 0.25) is 0 Å². The van der Waals surface area contributed by atoms with Gasteiger partial charge in [0.05, 0.1) is 0 Å². The Morgan fingerprint density at radius 2 is 1.37 bits per heavy atom. The number of carbonyl (C=O) groups excluding carboxylic acids is 1. The van der Waals surface area contributed by atoms with Crippen LogP contribution >= 0.6 is 0 Å². The molecule has 0 saturated carbocycles. The second-order valence-electron chi connectivity index (χ2n) is 7.24. The summed E-state index contributed by atoms with van der Waals surface area (Å²) in [6.07, 6.45) is 3.71. The number of nitrogens with zero attached hydrogens (tertiary/aromatic N) is 1. The highest BCUT2D eigenvalue weighted by atomic mass is 16.1. The summed E-state index contributed by atoms with van der Waals surface area (Å²) < 4.78 is 0. The van der Waals surface area contributed by atoms with Crippen LogP contribution < -0.4 is 0 Å².